The van der Waals surface area contributed by atoms with Crippen LogP contribution in [0, 0.1) is 5.92 Å². The molecule has 30 heavy (non-hydrogen) atoms. The SMILES string of the molecule is CCC(=O)N(CC(C)C)C(CC)c1nc2ccccc2c(=O)n1-c1cccc(Cl)c1. The zero-order valence-electron chi connectivity index (χ0n) is 17.9. The van der Waals surface area contributed by atoms with Gasteiger partial charge < -0.3 is 4.90 Å². The van der Waals surface area contributed by atoms with Crippen LogP contribution >= 0.6 is 11.6 Å². The van der Waals surface area contributed by atoms with Gasteiger partial charge >= 0.3 is 0 Å². The van der Waals surface area contributed by atoms with E-state index in [9.17, 15) is 9.59 Å². The number of para-hydroxylation sites is 1. The van der Waals surface area contributed by atoms with Crippen LogP contribution in [0.4, 0.5) is 0 Å². The normalized spacial score (nSPS) is 12.3. The number of carbonyl (C=O) groups is 1. The fourth-order valence-corrected chi connectivity index (χ4v) is 3.96. The third kappa shape index (κ3) is 4.41. The van der Waals surface area contributed by atoms with Crippen molar-refractivity contribution in [1.29, 1.82) is 0 Å². The molecule has 1 amide bonds. The molecule has 1 heterocycles. The number of carbonyl (C=O) groups excluding carboxylic acids is 1. The third-order valence-corrected chi connectivity index (χ3v) is 5.35. The highest BCUT2D eigenvalue weighted by Crippen LogP contribution is 2.28. The minimum absolute atomic E-state index is 0.0515. The summed E-state index contributed by atoms with van der Waals surface area (Å²) in [5.41, 5.74) is 1.11. The Balaban J connectivity index is 2.33. The first-order valence-corrected chi connectivity index (χ1v) is 10.8. The maximum Gasteiger partial charge on any atom is 0.266 e. The molecule has 1 unspecified atom stereocenters. The van der Waals surface area contributed by atoms with Crippen LogP contribution < -0.4 is 5.56 Å². The molecule has 5 nitrogen and oxygen atoms in total. The molecule has 1 atom stereocenters. The van der Waals surface area contributed by atoms with Crippen LogP contribution in [0.1, 0.15) is 52.4 Å². The van der Waals surface area contributed by atoms with Gasteiger partial charge in [0.2, 0.25) is 5.91 Å². The zero-order valence-corrected chi connectivity index (χ0v) is 18.7. The average molecular weight is 426 g/mol. The summed E-state index contributed by atoms with van der Waals surface area (Å²) >= 11 is 6.24. The molecule has 0 saturated carbocycles. The predicted octanol–water partition coefficient (Wildman–Crippen LogP) is 5.38. The molecule has 0 aliphatic heterocycles. The van der Waals surface area contributed by atoms with Crippen LogP contribution in [0.15, 0.2) is 53.3 Å². The maximum atomic E-state index is 13.5. The Morgan fingerprint density at radius 3 is 2.50 bits per heavy atom. The monoisotopic (exact) mass is 425 g/mol. The van der Waals surface area contributed by atoms with Crippen molar-refractivity contribution >= 4 is 28.4 Å². The Morgan fingerprint density at radius 1 is 1.13 bits per heavy atom. The van der Waals surface area contributed by atoms with Crippen LogP contribution in [0.2, 0.25) is 5.02 Å². The lowest BCUT2D eigenvalue weighted by Crippen LogP contribution is -2.40. The summed E-state index contributed by atoms with van der Waals surface area (Å²) in [6, 6.07) is 14.2. The molecule has 3 rings (SSSR count). The number of aromatic nitrogens is 2. The van der Waals surface area contributed by atoms with Crippen LogP contribution in [-0.2, 0) is 4.79 Å². The highest BCUT2D eigenvalue weighted by molar-refractivity contribution is 6.30. The molecule has 3 aromatic rings. The van der Waals surface area contributed by atoms with Gasteiger partial charge in [0.25, 0.3) is 5.56 Å². The van der Waals surface area contributed by atoms with Crippen molar-refractivity contribution in [3.8, 4) is 5.69 Å². The van der Waals surface area contributed by atoms with E-state index in [1.165, 1.54) is 0 Å². The number of hydrogen-bond acceptors (Lipinski definition) is 3. The lowest BCUT2D eigenvalue weighted by atomic mass is 10.1. The Morgan fingerprint density at radius 2 is 1.87 bits per heavy atom. The van der Waals surface area contributed by atoms with E-state index >= 15 is 0 Å². The second kappa shape index (κ2) is 9.43. The van der Waals surface area contributed by atoms with Crippen LogP contribution in [0.25, 0.3) is 16.6 Å². The largest absolute Gasteiger partial charge is 0.332 e. The van der Waals surface area contributed by atoms with Gasteiger partial charge in [0.1, 0.15) is 5.82 Å². The molecule has 2 aromatic carbocycles. The fourth-order valence-electron chi connectivity index (χ4n) is 3.78. The standard InChI is InChI=1S/C24H28ClN3O2/c1-5-21(27(15-16(3)4)22(29)6-2)23-26-20-13-8-7-12-19(20)24(30)28(23)18-11-9-10-17(25)14-18/h7-14,16,21H,5-6,15H2,1-4H3. The number of rotatable bonds is 7. The van der Waals surface area contributed by atoms with E-state index in [0.29, 0.717) is 52.7 Å². The van der Waals surface area contributed by atoms with Crippen LogP contribution in [0.5, 0.6) is 0 Å². The lowest BCUT2D eigenvalue weighted by Gasteiger charge is -2.33. The van der Waals surface area contributed by atoms with Gasteiger partial charge in [-0.3, -0.25) is 14.2 Å². The summed E-state index contributed by atoms with van der Waals surface area (Å²) in [6.07, 6.45) is 1.04. The fraction of sp³-hybridized carbons (Fsp3) is 0.375. The van der Waals surface area contributed by atoms with Crippen LogP contribution in [0.3, 0.4) is 0 Å². The van der Waals surface area contributed by atoms with Gasteiger partial charge in [0, 0.05) is 18.0 Å². The van der Waals surface area contributed by atoms with Crippen molar-refractivity contribution < 1.29 is 4.79 Å². The Hall–Kier alpha value is -2.66. The number of halogens is 1. The second-order valence-electron chi connectivity index (χ2n) is 7.83. The first-order valence-electron chi connectivity index (χ1n) is 10.4. The lowest BCUT2D eigenvalue weighted by molar-refractivity contribution is -0.134. The van der Waals surface area contributed by atoms with E-state index < -0.39 is 0 Å². The first kappa shape index (κ1) is 22.0. The number of nitrogens with zero attached hydrogens (tertiary/aromatic N) is 3. The summed E-state index contributed by atoms with van der Waals surface area (Å²) in [6.45, 7) is 8.65. The van der Waals surface area contributed by atoms with Crippen molar-refractivity contribution in [3.63, 3.8) is 0 Å². The summed E-state index contributed by atoms with van der Waals surface area (Å²) in [5, 5.41) is 1.07. The molecular formula is C24H28ClN3O2. The quantitative estimate of drug-likeness (QED) is 0.510. The first-order chi connectivity index (χ1) is 14.4. The molecule has 0 spiro atoms. The average Bonchev–Trinajstić information content (AvgIpc) is 2.73. The predicted molar refractivity (Wildman–Crippen MR) is 122 cm³/mol. The van der Waals surface area contributed by atoms with Gasteiger partial charge in [0.15, 0.2) is 0 Å². The minimum atomic E-state index is -0.323. The Bertz CT molecular complexity index is 1110. The van der Waals surface area contributed by atoms with Crippen molar-refractivity contribution in [2.24, 2.45) is 5.92 Å². The summed E-state index contributed by atoms with van der Waals surface area (Å²) in [4.78, 5) is 33.2. The van der Waals surface area contributed by atoms with Gasteiger partial charge in [-0.05, 0) is 42.7 Å². The van der Waals surface area contributed by atoms with E-state index in [1.807, 2.05) is 49.1 Å². The van der Waals surface area contributed by atoms with E-state index in [2.05, 4.69) is 13.8 Å². The summed E-state index contributed by atoms with van der Waals surface area (Å²) < 4.78 is 1.61. The molecule has 0 aliphatic rings. The topological polar surface area (TPSA) is 55.2 Å². The van der Waals surface area contributed by atoms with Gasteiger partial charge in [-0.1, -0.05) is 57.5 Å². The molecular weight excluding hydrogens is 398 g/mol. The molecule has 0 aliphatic carbocycles. The number of fused-ring (bicyclic) bond motifs is 1. The maximum absolute atomic E-state index is 13.5. The van der Waals surface area contributed by atoms with Crippen molar-refractivity contribution in [2.45, 2.75) is 46.6 Å². The second-order valence-corrected chi connectivity index (χ2v) is 8.26. The molecule has 0 bridgehead atoms. The zero-order chi connectivity index (χ0) is 21.8. The van der Waals surface area contributed by atoms with Crippen molar-refractivity contribution in [3.05, 3.63) is 69.7 Å². The van der Waals surface area contributed by atoms with Gasteiger partial charge in [0.05, 0.1) is 22.6 Å². The summed E-state index contributed by atoms with van der Waals surface area (Å²) in [5.74, 6) is 0.905. The molecule has 6 heteroatoms. The molecule has 1 aromatic heterocycles. The summed E-state index contributed by atoms with van der Waals surface area (Å²) in [7, 11) is 0. The molecule has 0 radical (unpaired) electrons. The third-order valence-electron chi connectivity index (χ3n) is 5.11. The minimum Gasteiger partial charge on any atom is -0.332 e. The van der Waals surface area contributed by atoms with Gasteiger partial charge in [-0.2, -0.15) is 0 Å². The van der Waals surface area contributed by atoms with Crippen molar-refractivity contribution in [2.75, 3.05) is 6.54 Å². The Kier molecular flexibility index (Phi) is 6.93. The van der Waals surface area contributed by atoms with E-state index in [1.54, 1.807) is 22.8 Å². The van der Waals surface area contributed by atoms with Crippen LogP contribution in [-0.4, -0.2) is 26.9 Å². The smallest absolute Gasteiger partial charge is 0.266 e. The molecule has 0 N–H and O–H groups in total. The Labute approximate surface area is 182 Å². The molecule has 158 valence electrons. The van der Waals surface area contributed by atoms with E-state index in [-0.39, 0.29) is 17.5 Å². The van der Waals surface area contributed by atoms with Gasteiger partial charge in [-0.15, -0.1) is 0 Å². The number of hydrogen-bond donors (Lipinski definition) is 0. The van der Waals surface area contributed by atoms with Crippen molar-refractivity contribution in [1.82, 2.24) is 14.5 Å². The van der Waals surface area contributed by atoms with Gasteiger partial charge in [-0.25, -0.2) is 4.98 Å². The highest BCUT2D eigenvalue weighted by Gasteiger charge is 2.28. The molecule has 0 saturated heterocycles. The molecule has 0 fully saturated rings. The van der Waals surface area contributed by atoms with E-state index in [0.717, 1.165) is 0 Å². The van der Waals surface area contributed by atoms with E-state index in [4.69, 9.17) is 16.6 Å². The highest BCUT2D eigenvalue weighted by atomic mass is 35.5. The number of amides is 1. The number of benzene rings is 2.